The van der Waals surface area contributed by atoms with Gasteiger partial charge in [-0.15, -0.1) is 0 Å². The van der Waals surface area contributed by atoms with Crippen LogP contribution in [0.4, 0.5) is 4.79 Å². The molecule has 1 aliphatic heterocycles. The fourth-order valence-corrected chi connectivity index (χ4v) is 2.90. The van der Waals surface area contributed by atoms with Gasteiger partial charge >= 0.3 is 6.09 Å². The Bertz CT molecular complexity index is 631. The molecular weight excluding hydrogens is 278 g/mol. The standard InChI is InChI=1S/C17H23N3O2/c1-17(2,3)22-16(21)20-9-6-12(7-10-20)14-11-13-5-4-8-18-15(13)19-14/h4-5,8,11-12H,6-7,9-10H2,1-3H3,(H,18,19). The molecule has 2 aromatic heterocycles. The van der Waals surface area contributed by atoms with Gasteiger partial charge in [-0.2, -0.15) is 0 Å². The summed E-state index contributed by atoms with van der Waals surface area (Å²) in [5.41, 5.74) is 1.72. The number of hydrogen-bond donors (Lipinski definition) is 1. The van der Waals surface area contributed by atoms with E-state index < -0.39 is 5.60 Å². The van der Waals surface area contributed by atoms with Crippen LogP contribution in [-0.2, 0) is 4.74 Å². The van der Waals surface area contributed by atoms with E-state index in [0.29, 0.717) is 5.92 Å². The average Bonchev–Trinajstić information content (AvgIpc) is 2.89. The van der Waals surface area contributed by atoms with E-state index in [1.165, 1.54) is 5.69 Å². The van der Waals surface area contributed by atoms with Gasteiger partial charge in [-0.25, -0.2) is 9.78 Å². The first-order chi connectivity index (χ1) is 10.4. The van der Waals surface area contributed by atoms with E-state index in [2.05, 4.69) is 22.1 Å². The summed E-state index contributed by atoms with van der Waals surface area (Å²) < 4.78 is 5.44. The topological polar surface area (TPSA) is 58.2 Å². The number of rotatable bonds is 1. The lowest BCUT2D eigenvalue weighted by Gasteiger charge is -2.33. The number of carbonyl (C=O) groups excluding carboxylic acids is 1. The zero-order valence-electron chi connectivity index (χ0n) is 13.4. The fourth-order valence-electron chi connectivity index (χ4n) is 2.90. The first-order valence-corrected chi connectivity index (χ1v) is 7.84. The molecule has 22 heavy (non-hydrogen) atoms. The van der Waals surface area contributed by atoms with Crippen molar-refractivity contribution < 1.29 is 9.53 Å². The minimum atomic E-state index is -0.434. The number of nitrogens with one attached hydrogen (secondary N) is 1. The zero-order chi connectivity index (χ0) is 15.7. The largest absolute Gasteiger partial charge is 0.444 e. The molecule has 2 aromatic rings. The lowest BCUT2D eigenvalue weighted by atomic mass is 9.94. The van der Waals surface area contributed by atoms with Crippen molar-refractivity contribution in [3.05, 3.63) is 30.1 Å². The number of pyridine rings is 1. The van der Waals surface area contributed by atoms with Crippen LogP contribution in [0.3, 0.4) is 0 Å². The van der Waals surface area contributed by atoms with Crippen molar-refractivity contribution in [3.63, 3.8) is 0 Å². The van der Waals surface area contributed by atoms with Gasteiger partial charge in [-0.1, -0.05) is 0 Å². The fraction of sp³-hybridized carbons (Fsp3) is 0.529. The summed E-state index contributed by atoms with van der Waals surface area (Å²) in [6.07, 6.45) is 3.50. The van der Waals surface area contributed by atoms with E-state index in [4.69, 9.17) is 4.74 Å². The Hall–Kier alpha value is -2.04. The molecule has 1 saturated heterocycles. The van der Waals surface area contributed by atoms with E-state index in [-0.39, 0.29) is 6.09 Å². The molecule has 1 amide bonds. The van der Waals surface area contributed by atoms with E-state index in [0.717, 1.165) is 37.0 Å². The maximum absolute atomic E-state index is 12.1. The van der Waals surface area contributed by atoms with Crippen LogP contribution >= 0.6 is 0 Å². The lowest BCUT2D eigenvalue weighted by molar-refractivity contribution is 0.0204. The quantitative estimate of drug-likeness (QED) is 0.874. The van der Waals surface area contributed by atoms with Crippen molar-refractivity contribution in [2.75, 3.05) is 13.1 Å². The summed E-state index contributed by atoms with van der Waals surface area (Å²) >= 11 is 0. The van der Waals surface area contributed by atoms with Gasteiger partial charge in [0.25, 0.3) is 0 Å². The summed E-state index contributed by atoms with van der Waals surface area (Å²) in [4.78, 5) is 21.6. The Labute approximate surface area is 130 Å². The number of aromatic amines is 1. The molecule has 118 valence electrons. The third-order valence-corrected chi connectivity index (χ3v) is 4.00. The summed E-state index contributed by atoms with van der Waals surface area (Å²) in [5, 5.41) is 1.15. The number of fused-ring (bicyclic) bond motifs is 1. The predicted molar refractivity (Wildman–Crippen MR) is 85.9 cm³/mol. The molecular formula is C17H23N3O2. The lowest BCUT2D eigenvalue weighted by Crippen LogP contribution is -2.41. The molecule has 3 heterocycles. The molecule has 5 heteroatoms. The Morgan fingerprint density at radius 3 is 2.73 bits per heavy atom. The number of H-pyrrole nitrogens is 1. The van der Waals surface area contributed by atoms with E-state index in [1.54, 1.807) is 6.20 Å². The second kappa shape index (κ2) is 5.63. The monoisotopic (exact) mass is 301 g/mol. The maximum atomic E-state index is 12.1. The Kier molecular flexibility index (Phi) is 3.81. The molecule has 0 aliphatic carbocycles. The van der Waals surface area contributed by atoms with Crippen LogP contribution in [0.25, 0.3) is 11.0 Å². The number of hydrogen-bond acceptors (Lipinski definition) is 3. The average molecular weight is 301 g/mol. The molecule has 1 N–H and O–H groups in total. The number of likely N-dealkylation sites (tertiary alicyclic amines) is 1. The molecule has 0 radical (unpaired) electrons. The minimum absolute atomic E-state index is 0.204. The molecule has 5 nitrogen and oxygen atoms in total. The summed E-state index contributed by atoms with van der Waals surface area (Å²) in [5.74, 6) is 0.452. The highest BCUT2D eigenvalue weighted by Crippen LogP contribution is 2.29. The summed E-state index contributed by atoms with van der Waals surface area (Å²) in [6, 6.07) is 6.19. The number of nitrogens with zero attached hydrogens (tertiary/aromatic N) is 2. The van der Waals surface area contributed by atoms with Gasteiger partial charge in [0, 0.05) is 36.3 Å². The Morgan fingerprint density at radius 1 is 1.36 bits per heavy atom. The highest BCUT2D eigenvalue weighted by Gasteiger charge is 2.28. The number of ether oxygens (including phenoxy) is 1. The molecule has 0 aromatic carbocycles. The number of carbonyl (C=O) groups is 1. The van der Waals surface area contributed by atoms with Gasteiger partial charge in [-0.05, 0) is 51.8 Å². The van der Waals surface area contributed by atoms with Crippen LogP contribution in [0, 0.1) is 0 Å². The molecule has 1 aliphatic rings. The SMILES string of the molecule is CC(C)(C)OC(=O)N1CCC(c2cc3cccnc3[nH]2)CC1. The molecule has 0 bridgehead atoms. The molecule has 1 fully saturated rings. The molecule has 0 saturated carbocycles. The third kappa shape index (κ3) is 3.24. The van der Waals surface area contributed by atoms with Gasteiger partial charge in [-0.3, -0.25) is 0 Å². The molecule has 0 unspecified atom stereocenters. The summed E-state index contributed by atoms with van der Waals surface area (Å²) in [6.45, 7) is 7.17. The van der Waals surface area contributed by atoms with Crippen LogP contribution in [0.5, 0.6) is 0 Å². The highest BCUT2D eigenvalue weighted by molar-refractivity contribution is 5.76. The van der Waals surface area contributed by atoms with Gasteiger partial charge in [0.2, 0.25) is 0 Å². The first-order valence-electron chi connectivity index (χ1n) is 7.84. The van der Waals surface area contributed by atoms with Crippen molar-refractivity contribution in [2.24, 2.45) is 0 Å². The van der Waals surface area contributed by atoms with Crippen molar-refractivity contribution >= 4 is 17.1 Å². The maximum Gasteiger partial charge on any atom is 0.410 e. The van der Waals surface area contributed by atoms with Gasteiger partial charge < -0.3 is 14.6 Å². The number of amides is 1. The van der Waals surface area contributed by atoms with Crippen LogP contribution < -0.4 is 0 Å². The van der Waals surface area contributed by atoms with Crippen molar-refractivity contribution in [3.8, 4) is 0 Å². The van der Waals surface area contributed by atoms with Crippen LogP contribution in [0.1, 0.15) is 45.2 Å². The second-order valence-corrected chi connectivity index (χ2v) is 6.91. The van der Waals surface area contributed by atoms with Gasteiger partial charge in [0.05, 0.1) is 0 Å². The van der Waals surface area contributed by atoms with Gasteiger partial charge in [0.1, 0.15) is 11.2 Å². The molecule has 3 rings (SSSR count). The minimum Gasteiger partial charge on any atom is -0.444 e. The van der Waals surface area contributed by atoms with Crippen molar-refractivity contribution in [2.45, 2.75) is 45.1 Å². The summed E-state index contributed by atoms with van der Waals surface area (Å²) in [7, 11) is 0. The predicted octanol–water partition coefficient (Wildman–Crippen LogP) is 3.68. The van der Waals surface area contributed by atoms with Crippen molar-refractivity contribution in [1.82, 2.24) is 14.9 Å². The van der Waals surface area contributed by atoms with E-state index in [9.17, 15) is 4.79 Å². The number of aromatic nitrogens is 2. The molecule has 0 atom stereocenters. The van der Waals surface area contributed by atoms with E-state index >= 15 is 0 Å². The zero-order valence-corrected chi connectivity index (χ0v) is 13.4. The highest BCUT2D eigenvalue weighted by atomic mass is 16.6. The van der Waals surface area contributed by atoms with Crippen LogP contribution in [0.15, 0.2) is 24.4 Å². The van der Waals surface area contributed by atoms with Crippen LogP contribution in [0.2, 0.25) is 0 Å². The smallest absolute Gasteiger partial charge is 0.410 e. The van der Waals surface area contributed by atoms with Crippen molar-refractivity contribution in [1.29, 1.82) is 0 Å². The van der Waals surface area contributed by atoms with Gasteiger partial charge in [0.15, 0.2) is 0 Å². The Balaban J connectivity index is 1.63. The Morgan fingerprint density at radius 2 is 2.09 bits per heavy atom. The second-order valence-electron chi connectivity index (χ2n) is 6.91. The van der Waals surface area contributed by atoms with Crippen LogP contribution in [-0.4, -0.2) is 39.7 Å². The number of piperidine rings is 1. The normalized spacial score (nSPS) is 17.0. The molecule has 0 spiro atoms. The van der Waals surface area contributed by atoms with E-state index in [1.807, 2.05) is 31.7 Å². The third-order valence-electron chi connectivity index (χ3n) is 4.00. The first kappa shape index (κ1) is 14.9.